The van der Waals surface area contributed by atoms with Gasteiger partial charge >= 0.3 is 0 Å². The summed E-state index contributed by atoms with van der Waals surface area (Å²) in [5.41, 5.74) is 4.39. The summed E-state index contributed by atoms with van der Waals surface area (Å²) in [6.07, 6.45) is 18.6. The number of carbonyl (C=O) groups excluding carboxylic acids is 5. The first kappa shape index (κ1) is 32.2. The Balaban J connectivity index is 1.42. The van der Waals surface area contributed by atoms with E-state index in [4.69, 9.17) is 0 Å². The fourth-order valence-electron chi connectivity index (χ4n) is 7.02. The molecule has 0 spiro atoms. The number of ketones is 1. The van der Waals surface area contributed by atoms with Crippen LogP contribution in [0.1, 0.15) is 105 Å². The summed E-state index contributed by atoms with van der Waals surface area (Å²) in [5, 5.41) is 0. The van der Waals surface area contributed by atoms with E-state index in [0.29, 0.717) is 0 Å². The Hall–Kier alpha value is -5.17. The van der Waals surface area contributed by atoms with Gasteiger partial charge in [-0.2, -0.15) is 0 Å². The molecule has 0 bridgehead atoms. The number of hydrogen-bond donors (Lipinski definition) is 0. The third kappa shape index (κ3) is 5.15. The van der Waals surface area contributed by atoms with Crippen molar-refractivity contribution in [3.63, 3.8) is 0 Å². The van der Waals surface area contributed by atoms with E-state index in [9.17, 15) is 24.0 Å². The Labute approximate surface area is 270 Å². The van der Waals surface area contributed by atoms with Crippen LogP contribution in [0.25, 0.3) is 0 Å². The molecule has 3 aliphatic rings. The topological polar surface area (TPSA) is 91.8 Å². The number of hydrogen-bond acceptors (Lipinski definition) is 5. The molecule has 4 amide bonds. The number of rotatable bonds is 7. The van der Waals surface area contributed by atoms with Crippen molar-refractivity contribution in [2.45, 2.75) is 48.0 Å². The van der Waals surface area contributed by atoms with Crippen molar-refractivity contribution in [1.29, 1.82) is 0 Å². The van der Waals surface area contributed by atoms with Crippen LogP contribution in [0.2, 0.25) is 0 Å². The maximum atomic E-state index is 13.4. The van der Waals surface area contributed by atoms with Gasteiger partial charge in [-0.05, 0) is 79.7 Å². The molecule has 1 saturated carbocycles. The predicted octanol–water partition coefficient (Wildman–Crippen LogP) is 7.64. The lowest BCUT2D eigenvalue weighted by Gasteiger charge is -2.29. The lowest BCUT2D eigenvalue weighted by atomic mass is 9.75. The highest BCUT2D eigenvalue weighted by Gasteiger charge is 2.48. The molecule has 2 heterocycles. The lowest BCUT2D eigenvalue weighted by Crippen LogP contribution is -2.24. The van der Waals surface area contributed by atoms with Crippen molar-refractivity contribution < 1.29 is 24.0 Å². The molecule has 234 valence electrons. The number of benzene rings is 2. The molecule has 2 aliphatic heterocycles. The molecule has 1 unspecified atom stereocenters. The second-order valence-electron chi connectivity index (χ2n) is 12.7. The summed E-state index contributed by atoms with van der Waals surface area (Å²) in [7, 11) is 1.39. The Bertz CT molecular complexity index is 1900. The summed E-state index contributed by atoms with van der Waals surface area (Å²) in [6, 6.07) is 8.73. The number of nitrogens with zero attached hydrogens (tertiary/aromatic N) is 2. The zero-order valence-corrected chi connectivity index (χ0v) is 27.3. The minimum Gasteiger partial charge on any atom is -0.289 e. The Kier molecular flexibility index (Phi) is 8.39. The summed E-state index contributed by atoms with van der Waals surface area (Å²) >= 11 is 0. The largest absolute Gasteiger partial charge is 0.289 e. The van der Waals surface area contributed by atoms with Crippen molar-refractivity contribution >= 4 is 29.4 Å². The SMILES string of the molecule is C\C=C/C(=C\C=C\N1C(=O)c2ccc(C(=O)c3ccc4c(c3)C(=O)N(C)C4=O)cc2C1=O)C1(C)CC(C)(C)C(=C/C=C/C)/C1=C\C. The predicted molar refractivity (Wildman–Crippen MR) is 178 cm³/mol. The third-order valence-electron chi connectivity index (χ3n) is 9.18. The van der Waals surface area contributed by atoms with Crippen molar-refractivity contribution in [3.05, 3.63) is 141 Å². The summed E-state index contributed by atoms with van der Waals surface area (Å²) in [4.78, 5) is 66.8. The minimum atomic E-state index is -0.526. The third-order valence-corrected chi connectivity index (χ3v) is 9.18. The highest BCUT2D eigenvalue weighted by Crippen LogP contribution is 2.59. The van der Waals surface area contributed by atoms with Crippen molar-refractivity contribution in [2.75, 3.05) is 7.05 Å². The van der Waals surface area contributed by atoms with Crippen LogP contribution in [0, 0.1) is 10.8 Å². The van der Waals surface area contributed by atoms with E-state index in [2.05, 4.69) is 52.0 Å². The second-order valence-corrected chi connectivity index (χ2v) is 12.7. The molecule has 7 heteroatoms. The van der Waals surface area contributed by atoms with Crippen LogP contribution < -0.4 is 0 Å². The standard InChI is InChI=1S/C39H38N2O5/c1-8-11-15-32-31(10-3)39(6,23-38(32,4)5)26(13-9-2)14-12-20-41-36(45)28-19-17-25(22-30(28)37(41)46)33(42)24-16-18-27-29(21-24)35(44)40(7)34(27)43/h8-22H,23H2,1-7H3/b11-8+,13-9-,20-12+,26-14+,31-10+,32-15+. The summed E-state index contributed by atoms with van der Waals surface area (Å²) in [6.45, 7) is 12.8. The van der Waals surface area contributed by atoms with E-state index >= 15 is 0 Å². The normalized spacial score (nSPS) is 23.0. The van der Waals surface area contributed by atoms with Gasteiger partial charge in [0.25, 0.3) is 23.6 Å². The molecule has 7 nitrogen and oxygen atoms in total. The van der Waals surface area contributed by atoms with E-state index in [-0.39, 0.29) is 44.2 Å². The number of imide groups is 2. The van der Waals surface area contributed by atoms with E-state index in [0.717, 1.165) is 21.8 Å². The molecule has 0 saturated heterocycles. The molecule has 2 aromatic carbocycles. The van der Waals surface area contributed by atoms with Crippen LogP contribution >= 0.6 is 0 Å². The first-order chi connectivity index (χ1) is 21.8. The van der Waals surface area contributed by atoms with Crippen LogP contribution in [-0.4, -0.2) is 46.3 Å². The smallest absolute Gasteiger partial charge is 0.265 e. The van der Waals surface area contributed by atoms with Crippen molar-refractivity contribution in [2.24, 2.45) is 10.8 Å². The molecular formula is C39H38N2O5. The van der Waals surface area contributed by atoms with E-state index in [1.54, 1.807) is 6.08 Å². The van der Waals surface area contributed by atoms with Gasteiger partial charge < -0.3 is 0 Å². The lowest BCUT2D eigenvalue weighted by molar-refractivity contribution is 0.0686. The number of amides is 4. The zero-order chi connectivity index (χ0) is 33.6. The van der Waals surface area contributed by atoms with Gasteiger partial charge in [-0.25, -0.2) is 4.90 Å². The molecular weight excluding hydrogens is 576 g/mol. The highest BCUT2D eigenvalue weighted by molar-refractivity contribution is 6.24. The van der Waals surface area contributed by atoms with E-state index in [1.165, 1.54) is 60.8 Å². The quantitative estimate of drug-likeness (QED) is 0.182. The van der Waals surface area contributed by atoms with Gasteiger partial charge in [0.15, 0.2) is 5.78 Å². The van der Waals surface area contributed by atoms with Gasteiger partial charge in [0.2, 0.25) is 0 Å². The summed E-state index contributed by atoms with van der Waals surface area (Å²) in [5.74, 6) is -2.32. The Morgan fingerprint density at radius 3 is 1.89 bits per heavy atom. The molecule has 2 aromatic rings. The monoisotopic (exact) mass is 614 g/mol. The average Bonchev–Trinajstić information content (AvgIpc) is 3.50. The van der Waals surface area contributed by atoms with Crippen molar-refractivity contribution in [3.8, 4) is 0 Å². The first-order valence-corrected chi connectivity index (χ1v) is 15.4. The average molecular weight is 615 g/mol. The maximum Gasteiger partial charge on any atom is 0.265 e. The van der Waals surface area contributed by atoms with Crippen LogP contribution in [0.15, 0.2) is 108 Å². The van der Waals surface area contributed by atoms with Crippen LogP contribution in [-0.2, 0) is 0 Å². The molecule has 0 aromatic heterocycles. The van der Waals surface area contributed by atoms with Gasteiger partial charge in [0.1, 0.15) is 0 Å². The second kappa shape index (κ2) is 12.0. The van der Waals surface area contributed by atoms with Crippen LogP contribution in [0.4, 0.5) is 0 Å². The fourth-order valence-corrected chi connectivity index (χ4v) is 7.02. The molecule has 1 fully saturated rings. The van der Waals surface area contributed by atoms with E-state index < -0.39 is 29.4 Å². The van der Waals surface area contributed by atoms with Gasteiger partial charge in [0.05, 0.1) is 22.3 Å². The fraction of sp³-hybridized carbons (Fsp3) is 0.256. The molecule has 1 aliphatic carbocycles. The van der Waals surface area contributed by atoms with E-state index in [1.807, 2.05) is 32.1 Å². The first-order valence-electron chi connectivity index (χ1n) is 15.4. The number of fused-ring (bicyclic) bond motifs is 2. The van der Waals surface area contributed by atoms with Crippen LogP contribution in [0.3, 0.4) is 0 Å². The van der Waals surface area contributed by atoms with Crippen LogP contribution in [0.5, 0.6) is 0 Å². The summed E-state index contributed by atoms with van der Waals surface area (Å²) < 4.78 is 0. The molecule has 0 radical (unpaired) electrons. The molecule has 5 rings (SSSR count). The Morgan fingerprint density at radius 2 is 1.30 bits per heavy atom. The Morgan fingerprint density at radius 1 is 0.739 bits per heavy atom. The van der Waals surface area contributed by atoms with Crippen molar-refractivity contribution in [1.82, 2.24) is 9.80 Å². The maximum absolute atomic E-state index is 13.4. The molecule has 0 N–H and O–H groups in total. The van der Waals surface area contributed by atoms with Gasteiger partial charge in [-0.3, -0.25) is 28.9 Å². The number of carbonyl (C=O) groups is 5. The zero-order valence-electron chi connectivity index (χ0n) is 27.3. The van der Waals surface area contributed by atoms with Gasteiger partial charge in [-0.1, -0.05) is 75.4 Å². The highest BCUT2D eigenvalue weighted by atomic mass is 16.2. The number of allylic oxidation sites excluding steroid dienone is 11. The molecule has 46 heavy (non-hydrogen) atoms. The minimum absolute atomic E-state index is 0.0543. The van der Waals surface area contributed by atoms with Gasteiger partial charge in [-0.15, -0.1) is 0 Å². The molecule has 1 atom stereocenters. The van der Waals surface area contributed by atoms with Gasteiger partial charge in [0, 0.05) is 29.8 Å².